The van der Waals surface area contributed by atoms with Gasteiger partial charge in [0, 0.05) is 18.1 Å². The lowest BCUT2D eigenvalue weighted by Gasteiger charge is -2.31. The molecule has 2 bridgehead atoms. The number of nitrogens with one attached hydrogen (secondary N) is 3. The highest BCUT2D eigenvalue weighted by Crippen LogP contribution is 2.26. The molecule has 0 aromatic carbocycles. The van der Waals surface area contributed by atoms with Crippen molar-refractivity contribution in [3.63, 3.8) is 0 Å². The van der Waals surface area contributed by atoms with Gasteiger partial charge in [0.2, 0.25) is 5.91 Å². The quantitative estimate of drug-likeness (QED) is 0.744. The molecule has 1 aromatic heterocycles. The summed E-state index contributed by atoms with van der Waals surface area (Å²) in [4.78, 5) is 25.5. The van der Waals surface area contributed by atoms with Crippen LogP contribution in [-0.2, 0) is 4.79 Å². The van der Waals surface area contributed by atoms with Crippen molar-refractivity contribution in [1.82, 2.24) is 16.0 Å². The molecule has 134 valence electrons. The van der Waals surface area contributed by atoms with E-state index in [-0.39, 0.29) is 36.2 Å². The average Bonchev–Trinajstić information content (AvgIpc) is 3.14. The maximum atomic E-state index is 12.6. The van der Waals surface area contributed by atoms with Gasteiger partial charge in [-0.25, -0.2) is 0 Å². The standard InChI is InChI=1S/C17H25N3O2S.ClH/c1-10(2)15(20-16(21)14-4-3-7-23-14)17(22)19-13-8-11-5-6-12(9-13)18-11;/h3-4,7,10-13,15,18H,5-6,8-9H2,1-2H3,(H,19,22)(H,20,21);1H. The van der Waals surface area contributed by atoms with Crippen LogP contribution in [0.1, 0.15) is 49.2 Å². The highest BCUT2D eigenvalue weighted by atomic mass is 35.5. The smallest absolute Gasteiger partial charge is 0.262 e. The van der Waals surface area contributed by atoms with E-state index in [1.807, 2.05) is 25.3 Å². The van der Waals surface area contributed by atoms with Crippen LogP contribution in [0.25, 0.3) is 0 Å². The molecule has 2 saturated heterocycles. The van der Waals surface area contributed by atoms with Crippen LogP contribution in [-0.4, -0.2) is 36.0 Å². The van der Waals surface area contributed by atoms with Crippen molar-refractivity contribution in [3.8, 4) is 0 Å². The molecule has 5 nitrogen and oxygen atoms in total. The van der Waals surface area contributed by atoms with Crippen molar-refractivity contribution in [1.29, 1.82) is 0 Å². The molecule has 24 heavy (non-hydrogen) atoms. The van der Waals surface area contributed by atoms with Crippen LogP contribution >= 0.6 is 23.7 Å². The number of hydrogen-bond donors (Lipinski definition) is 3. The first-order valence-corrected chi connectivity index (χ1v) is 9.31. The Balaban J connectivity index is 0.00000208. The molecule has 3 rings (SSSR count). The Bertz CT molecular complexity index is 552. The molecule has 2 aliphatic heterocycles. The summed E-state index contributed by atoms with van der Waals surface area (Å²) in [7, 11) is 0. The van der Waals surface area contributed by atoms with Crippen molar-refractivity contribution in [2.45, 2.75) is 63.7 Å². The van der Waals surface area contributed by atoms with Crippen LogP contribution < -0.4 is 16.0 Å². The Hall–Kier alpha value is -1.11. The van der Waals surface area contributed by atoms with Crippen LogP contribution in [0.15, 0.2) is 17.5 Å². The Morgan fingerprint density at radius 2 is 1.92 bits per heavy atom. The van der Waals surface area contributed by atoms with Gasteiger partial charge in [-0.1, -0.05) is 19.9 Å². The molecular weight excluding hydrogens is 346 g/mol. The molecule has 3 atom stereocenters. The fourth-order valence-corrected chi connectivity index (χ4v) is 4.25. The molecule has 7 heteroatoms. The highest BCUT2D eigenvalue weighted by molar-refractivity contribution is 7.12. The molecule has 0 spiro atoms. The second kappa shape index (κ2) is 8.32. The molecule has 2 aliphatic rings. The summed E-state index contributed by atoms with van der Waals surface area (Å²) in [6.07, 6.45) is 4.40. The minimum Gasteiger partial charge on any atom is -0.351 e. The monoisotopic (exact) mass is 371 g/mol. The van der Waals surface area contributed by atoms with Gasteiger partial charge < -0.3 is 16.0 Å². The van der Waals surface area contributed by atoms with Crippen molar-refractivity contribution >= 4 is 35.6 Å². The number of halogens is 1. The van der Waals surface area contributed by atoms with Crippen LogP contribution in [0.2, 0.25) is 0 Å². The maximum absolute atomic E-state index is 12.6. The number of amides is 2. The minimum atomic E-state index is -0.489. The summed E-state index contributed by atoms with van der Waals surface area (Å²) in [5.41, 5.74) is 0. The average molecular weight is 372 g/mol. The van der Waals surface area contributed by atoms with Crippen molar-refractivity contribution in [2.75, 3.05) is 0 Å². The normalized spacial score (nSPS) is 26.5. The number of hydrogen-bond acceptors (Lipinski definition) is 4. The molecule has 0 saturated carbocycles. The third-order valence-corrected chi connectivity index (χ3v) is 5.67. The van der Waals surface area contributed by atoms with E-state index >= 15 is 0 Å². The predicted molar refractivity (Wildman–Crippen MR) is 98.8 cm³/mol. The molecule has 0 aliphatic carbocycles. The van der Waals surface area contributed by atoms with Gasteiger partial charge in [0.1, 0.15) is 6.04 Å². The number of carbonyl (C=O) groups excluding carboxylic acids is 2. The topological polar surface area (TPSA) is 70.2 Å². The first-order valence-electron chi connectivity index (χ1n) is 8.43. The summed E-state index contributed by atoms with van der Waals surface area (Å²) in [6, 6.07) is 4.43. The van der Waals surface area contributed by atoms with E-state index in [1.54, 1.807) is 6.07 Å². The molecular formula is C17H26ClN3O2S. The second-order valence-corrected chi connectivity index (χ2v) is 7.93. The molecule has 3 N–H and O–H groups in total. The van der Waals surface area contributed by atoms with Crippen LogP contribution in [0, 0.1) is 5.92 Å². The number of thiophene rings is 1. The maximum Gasteiger partial charge on any atom is 0.262 e. The fourth-order valence-electron chi connectivity index (χ4n) is 3.62. The Morgan fingerprint density at radius 1 is 1.25 bits per heavy atom. The zero-order chi connectivity index (χ0) is 16.4. The number of carbonyl (C=O) groups is 2. The van der Waals surface area contributed by atoms with Gasteiger partial charge in [-0.05, 0) is 43.0 Å². The van der Waals surface area contributed by atoms with E-state index in [4.69, 9.17) is 0 Å². The van der Waals surface area contributed by atoms with Gasteiger partial charge in [-0.15, -0.1) is 23.7 Å². The van der Waals surface area contributed by atoms with Gasteiger partial charge in [0.05, 0.1) is 4.88 Å². The van der Waals surface area contributed by atoms with E-state index in [0.29, 0.717) is 17.0 Å². The molecule has 0 radical (unpaired) electrons. The molecule has 1 aromatic rings. The highest BCUT2D eigenvalue weighted by Gasteiger charge is 2.35. The van der Waals surface area contributed by atoms with E-state index in [0.717, 1.165) is 12.8 Å². The molecule has 2 amide bonds. The predicted octanol–water partition coefficient (Wildman–Crippen LogP) is 2.32. The lowest BCUT2D eigenvalue weighted by molar-refractivity contribution is -0.124. The first-order chi connectivity index (χ1) is 11.0. The second-order valence-electron chi connectivity index (χ2n) is 6.99. The van der Waals surface area contributed by atoms with Gasteiger partial charge in [0.25, 0.3) is 5.91 Å². The van der Waals surface area contributed by atoms with Gasteiger partial charge in [-0.3, -0.25) is 9.59 Å². The number of piperidine rings is 1. The summed E-state index contributed by atoms with van der Waals surface area (Å²) in [5, 5.41) is 11.5. The summed E-state index contributed by atoms with van der Waals surface area (Å²) in [5.74, 6) is -0.173. The SMILES string of the molecule is CC(C)C(NC(=O)c1cccs1)C(=O)NC1CC2CCC(C1)N2.Cl. The number of rotatable bonds is 5. The zero-order valence-corrected chi connectivity index (χ0v) is 15.7. The van der Waals surface area contributed by atoms with Crippen molar-refractivity contribution in [2.24, 2.45) is 5.92 Å². The Labute approximate surface area is 153 Å². The van der Waals surface area contributed by atoms with Gasteiger partial charge in [-0.2, -0.15) is 0 Å². The molecule has 3 unspecified atom stereocenters. The third-order valence-electron chi connectivity index (χ3n) is 4.80. The minimum absolute atomic E-state index is 0. The fraction of sp³-hybridized carbons (Fsp3) is 0.647. The zero-order valence-electron chi connectivity index (χ0n) is 14.1. The van der Waals surface area contributed by atoms with Gasteiger partial charge in [0.15, 0.2) is 0 Å². The van der Waals surface area contributed by atoms with Crippen LogP contribution in [0.5, 0.6) is 0 Å². The van der Waals surface area contributed by atoms with Crippen molar-refractivity contribution in [3.05, 3.63) is 22.4 Å². The molecule has 3 heterocycles. The summed E-state index contributed by atoms with van der Waals surface area (Å²) >= 11 is 1.39. The van der Waals surface area contributed by atoms with E-state index in [1.165, 1.54) is 24.2 Å². The first kappa shape index (κ1) is 19.2. The lowest BCUT2D eigenvalue weighted by Crippen LogP contribution is -2.55. The lowest BCUT2D eigenvalue weighted by atomic mass is 9.97. The summed E-state index contributed by atoms with van der Waals surface area (Å²) < 4.78 is 0. The van der Waals surface area contributed by atoms with E-state index in [2.05, 4.69) is 16.0 Å². The van der Waals surface area contributed by atoms with Crippen LogP contribution in [0.3, 0.4) is 0 Å². The summed E-state index contributed by atoms with van der Waals surface area (Å²) in [6.45, 7) is 3.93. The Kier molecular flexibility index (Phi) is 6.66. The Morgan fingerprint density at radius 3 is 2.46 bits per heavy atom. The third kappa shape index (κ3) is 4.49. The molecule has 2 fully saturated rings. The van der Waals surface area contributed by atoms with Crippen molar-refractivity contribution < 1.29 is 9.59 Å². The number of fused-ring (bicyclic) bond motifs is 2. The van der Waals surface area contributed by atoms with Crippen LogP contribution in [0.4, 0.5) is 0 Å². The van der Waals surface area contributed by atoms with E-state index < -0.39 is 6.04 Å². The van der Waals surface area contributed by atoms with E-state index in [9.17, 15) is 9.59 Å². The van der Waals surface area contributed by atoms with Gasteiger partial charge >= 0.3 is 0 Å². The largest absolute Gasteiger partial charge is 0.351 e.